The molecular formula is C13H18N2O2. The summed E-state index contributed by atoms with van der Waals surface area (Å²) >= 11 is 0. The van der Waals surface area contributed by atoms with Gasteiger partial charge in [-0.15, -0.1) is 0 Å². The van der Waals surface area contributed by atoms with Crippen molar-refractivity contribution in [3.8, 4) is 5.75 Å². The Morgan fingerprint density at radius 1 is 1.53 bits per heavy atom. The number of likely N-dealkylation sites (tertiary alicyclic amines) is 1. The van der Waals surface area contributed by atoms with E-state index in [9.17, 15) is 4.79 Å². The van der Waals surface area contributed by atoms with E-state index in [4.69, 9.17) is 10.5 Å². The van der Waals surface area contributed by atoms with Crippen molar-refractivity contribution in [2.24, 2.45) is 5.73 Å². The van der Waals surface area contributed by atoms with Gasteiger partial charge in [0.15, 0.2) is 0 Å². The molecule has 1 aromatic rings. The zero-order valence-corrected chi connectivity index (χ0v) is 10.1. The normalized spacial score (nSPS) is 19.4. The SMILES string of the molecule is COc1ccccc1CC(=O)N1CC[C@H](N)C1. The van der Waals surface area contributed by atoms with Gasteiger partial charge in [0.2, 0.25) is 5.91 Å². The van der Waals surface area contributed by atoms with Gasteiger partial charge < -0.3 is 15.4 Å². The largest absolute Gasteiger partial charge is 0.496 e. The van der Waals surface area contributed by atoms with Crippen LogP contribution in [0.5, 0.6) is 5.75 Å². The van der Waals surface area contributed by atoms with Crippen molar-refractivity contribution in [2.75, 3.05) is 20.2 Å². The number of para-hydroxylation sites is 1. The molecule has 0 saturated carbocycles. The number of amides is 1. The molecule has 1 amide bonds. The minimum absolute atomic E-state index is 0.127. The Morgan fingerprint density at radius 2 is 2.29 bits per heavy atom. The molecule has 1 aliphatic heterocycles. The van der Waals surface area contributed by atoms with E-state index in [1.165, 1.54) is 0 Å². The van der Waals surface area contributed by atoms with Gasteiger partial charge in [0.25, 0.3) is 0 Å². The van der Waals surface area contributed by atoms with Crippen LogP contribution in [0, 0.1) is 0 Å². The van der Waals surface area contributed by atoms with Crippen LogP contribution in [0.25, 0.3) is 0 Å². The number of hydrogen-bond acceptors (Lipinski definition) is 3. The van der Waals surface area contributed by atoms with Gasteiger partial charge in [-0.2, -0.15) is 0 Å². The standard InChI is InChI=1S/C13H18N2O2/c1-17-12-5-3-2-4-10(12)8-13(16)15-7-6-11(14)9-15/h2-5,11H,6-9,14H2,1H3/t11-/m0/s1. The van der Waals surface area contributed by atoms with E-state index >= 15 is 0 Å². The van der Waals surface area contributed by atoms with Gasteiger partial charge in [0, 0.05) is 24.7 Å². The van der Waals surface area contributed by atoms with Crippen LogP contribution in [0.1, 0.15) is 12.0 Å². The molecule has 1 saturated heterocycles. The molecule has 1 atom stereocenters. The molecule has 0 aliphatic carbocycles. The summed E-state index contributed by atoms with van der Waals surface area (Å²) < 4.78 is 5.23. The summed E-state index contributed by atoms with van der Waals surface area (Å²) in [5.41, 5.74) is 6.72. The second kappa shape index (κ2) is 5.19. The van der Waals surface area contributed by atoms with Crippen molar-refractivity contribution in [3.63, 3.8) is 0 Å². The fraction of sp³-hybridized carbons (Fsp3) is 0.462. The number of carbonyl (C=O) groups is 1. The quantitative estimate of drug-likeness (QED) is 0.841. The van der Waals surface area contributed by atoms with Crippen molar-refractivity contribution < 1.29 is 9.53 Å². The lowest BCUT2D eigenvalue weighted by Gasteiger charge is -2.16. The lowest BCUT2D eigenvalue weighted by Crippen LogP contribution is -2.32. The Hall–Kier alpha value is -1.55. The monoisotopic (exact) mass is 234 g/mol. The first kappa shape index (κ1) is 11.9. The maximum atomic E-state index is 12.0. The van der Waals surface area contributed by atoms with E-state index in [2.05, 4.69) is 0 Å². The fourth-order valence-corrected chi connectivity index (χ4v) is 2.14. The van der Waals surface area contributed by atoms with Crippen LogP contribution in [0.2, 0.25) is 0 Å². The van der Waals surface area contributed by atoms with Gasteiger partial charge in [-0.25, -0.2) is 0 Å². The van der Waals surface area contributed by atoms with Crippen molar-refractivity contribution in [1.82, 2.24) is 4.90 Å². The maximum absolute atomic E-state index is 12.0. The molecule has 0 unspecified atom stereocenters. The van der Waals surface area contributed by atoms with Crippen molar-refractivity contribution in [3.05, 3.63) is 29.8 Å². The highest BCUT2D eigenvalue weighted by atomic mass is 16.5. The predicted molar refractivity (Wildman–Crippen MR) is 65.9 cm³/mol. The predicted octanol–water partition coefficient (Wildman–Crippen LogP) is 0.797. The molecule has 0 aromatic heterocycles. The molecule has 92 valence electrons. The molecule has 1 fully saturated rings. The Balaban J connectivity index is 2.03. The van der Waals surface area contributed by atoms with Crippen molar-refractivity contribution in [1.29, 1.82) is 0 Å². The topological polar surface area (TPSA) is 55.6 Å². The third-order valence-corrected chi connectivity index (χ3v) is 3.11. The number of rotatable bonds is 3. The second-order valence-electron chi connectivity index (χ2n) is 4.38. The van der Waals surface area contributed by atoms with Gasteiger partial charge in [-0.1, -0.05) is 18.2 Å². The number of nitrogens with two attached hydrogens (primary N) is 1. The summed E-state index contributed by atoms with van der Waals surface area (Å²) in [6.45, 7) is 1.45. The van der Waals surface area contributed by atoms with Crippen molar-refractivity contribution in [2.45, 2.75) is 18.9 Å². The Labute approximate surface area is 101 Å². The highest BCUT2D eigenvalue weighted by Gasteiger charge is 2.23. The van der Waals surface area contributed by atoms with Gasteiger partial charge >= 0.3 is 0 Å². The van der Waals surface area contributed by atoms with Crippen LogP contribution in [0.15, 0.2) is 24.3 Å². The zero-order chi connectivity index (χ0) is 12.3. The van der Waals surface area contributed by atoms with Gasteiger partial charge in [0.1, 0.15) is 5.75 Å². The smallest absolute Gasteiger partial charge is 0.227 e. The summed E-state index contributed by atoms with van der Waals surface area (Å²) in [4.78, 5) is 13.9. The molecule has 1 heterocycles. The van der Waals surface area contributed by atoms with E-state index in [-0.39, 0.29) is 11.9 Å². The van der Waals surface area contributed by atoms with Gasteiger partial charge in [0.05, 0.1) is 13.5 Å². The second-order valence-corrected chi connectivity index (χ2v) is 4.38. The average molecular weight is 234 g/mol. The first-order valence-corrected chi connectivity index (χ1v) is 5.86. The van der Waals surface area contributed by atoms with Crippen molar-refractivity contribution >= 4 is 5.91 Å². The third kappa shape index (κ3) is 2.77. The van der Waals surface area contributed by atoms with Gasteiger partial charge in [-0.3, -0.25) is 4.79 Å². The van der Waals surface area contributed by atoms with Crippen LogP contribution in [-0.2, 0) is 11.2 Å². The minimum Gasteiger partial charge on any atom is -0.496 e. The lowest BCUT2D eigenvalue weighted by atomic mass is 10.1. The fourth-order valence-electron chi connectivity index (χ4n) is 2.14. The van der Waals surface area contributed by atoms with E-state index in [1.807, 2.05) is 29.2 Å². The first-order valence-electron chi connectivity index (χ1n) is 5.86. The highest BCUT2D eigenvalue weighted by Crippen LogP contribution is 2.19. The van der Waals surface area contributed by atoms with Gasteiger partial charge in [-0.05, 0) is 12.5 Å². The van der Waals surface area contributed by atoms with Crippen LogP contribution in [0.3, 0.4) is 0 Å². The molecule has 0 radical (unpaired) electrons. The molecule has 2 N–H and O–H groups in total. The third-order valence-electron chi connectivity index (χ3n) is 3.11. The molecule has 1 aromatic carbocycles. The van der Waals surface area contributed by atoms with E-state index in [1.54, 1.807) is 7.11 Å². The summed E-state index contributed by atoms with van der Waals surface area (Å²) in [5, 5.41) is 0. The van der Waals surface area contributed by atoms with Crippen LogP contribution in [0.4, 0.5) is 0 Å². The Bertz CT molecular complexity index is 406. The summed E-state index contributed by atoms with van der Waals surface area (Å²) in [6, 6.07) is 7.75. The summed E-state index contributed by atoms with van der Waals surface area (Å²) in [5.74, 6) is 0.895. The molecule has 4 nitrogen and oxygen atoms in total. The maximum Gasteiger partial charge on any atom is 0.227 e. The molecule has 0 spiro atoms. The number of nitrogens with zero attached hydrogens (tertiary/aromatic N) is 1. The Morgan fingerprint density at radius 3 is 2.94 bits per heavy atom. The first-order chi connectivity index (χ1) is 8.20. The summed E-state index contributed by atoms with van der Waals surface area (Å²) in [6.07, 6.45) is 1.29. The molecule has 2 rings (SSSR count). The highest BCUT2D eigenvalue weighted by molar-refractivity contribution is 5.79. The molecular weight excluding hydrogens is 216 g/mol. The van der Waals surface area contributed by atoms with E-state index in [0.717, 1.165) is 24.3 Å². The molecule has 1 aliphatic rings. The van der Waals surface area contributed by atoms with E-state index < -0.39 is 0 Å². The number of carbonyl (C=O) groups excluding carboxylic acids is 1. The van der Waals surface area contributed by atoms with E-state index in [0.29, 0.717) is 13.0 Å². The van der Waals surface area contributed by atoms with Crippen LogP contribution in [-0.4, -0.2) is 37.0 Å². The zero-order valence-electron chi connectivity index (χ0n) is 10.1. The number of methoxy groups -OCH3 is 1. The molecule has 17 heavy (non-hydrogen) atoms. The number of hydrogen-bond donors (Lipinski definition) is 1. The average Bonchev–Trinajstić information content (AvgIpc) is 2.77. The lowest BCUT2D eigenvalue weighted by molar-refractivity contribution is -0.129. The molecule has 4 heteroatoms. The van der Waals surface area contributed by atoms with Crippen LogP contribution < -0.4 is 10.5 Å². The number of benzene rings is 1. The minimum atomic E-state index is 0.127. The molecule has 0 bridgehead atoms. The Kier molecular flexibility index (Phi) is 3.64. The number of ether oxygens (including phenoxy) is 1. The van der Waals surface area contributed by atoms with Crippen LogP contribution >= 0.6 is 0 Å². The summed E-state index contributed by atoms with van der Waals surface area (Å²) in [7, 11) is 1.62.